The van der Waals surface area contributed by atoms with E-state index in [-0.39, 0.29) is 18.2 Å². The first-order valence-corrected chi connectivity index (χ1v) is 8.30. The van der Waals surface area contributed by atoms with E-state index in [4.69, 9.17) is 0 Å². The van der Waals surface area contributed by atoms with Gasteiger partial charge < -0.3 is 15.0 Å². The zero-order chi connectivity index (χ0) is 19.2. The van der Waals surface area contributed by atoms with Crippen LogP contribution in [0.2, 0.25) is 0 Å². The summed E-state index contributed by atoms with van der Waals surface area (Å²) in [5.41, 5.74) is 1.60. The molecule has 1 aliphatic rings. The van der Waals surface area contributed by atoms with Gasteiger partial charge in [0.05, 0.1) is 25.3 Å². The SMILES string of the molecule is O=C(/C=C/c1ccc(OC(F)F)cc1)NCC(=O)N1CCn2nccc2C1. The van der Waals surface area contributed by atoms with Crippen LogP contribution < -0.4 is 10.1 Å². The van der Waals surface area contributed by atoms with Crippen LogP contribution in [0.1, 0.15) is 11.3 Å². The number of hydrogen-bond donors (Lipinski definition) is 1. The van der Waals surface area contributed by atoms with Gasteiger partial charge >= 0.3 is 6.61 Å². The molecule has 142 valence electrons. The zero-order valence-electron chi connectivity index (χ0n) is 14.3. The lowest BCUT2D eigenvalue weighted by Gasteiger charge is -2.27. The Morgan fingerprint density at radius 2 is 2.00 bits per heavy atom. The average molecular weight is 376 g/mol. The summed E-state index contributed by atoms with van der Waals surface area (Å²) in [5.74, 6) is -0.545. The highest BCUT2D eigenvalue weighted by atomic mass is 19.3. The highest BCUT2D eigenvalue weighted by molar-refractivity contribution is 5.94. The second-order valence-electron chi connectivity index (χ2n) is 5.86. The number of alkyl halides is 2. The number of rotatable bonds is 6. The predicted molar refractivity (Wildman–Crippen MR) is 92.8 cm³/mol. The van der Waals surface area contributed by atoms with Crippen LogP contribution in [-0.2, 0) is 22.7 Å². The van der Waals surface area contributed by atoms with Crippen molar-refractivity contribution in [2.24, 2.45) is 0 Å². The molecule has 0 atom stereocenters. The molecule has 27 heavy (non-hydrogen) atoms. The van der Waals surface area contributed by atoms with E-state index in [1.807, 2.05) is 10.7 Å². The molecule has 0 spiro atoms. The molecule has 0 unspecified atom stereocenters. The van der Waals surface area contributed by atoms with Crippen LogP contribution >= 0.6 is 0 Å². The highest BCUT2D eigenvalue weighted by Crippen LogP contribution is 2.15. The molecule has 0 saturated carbocycles. The van der Waals surface area contributed by atoms with Crippen molar-refractivity contribution in [3.05, 3.63) is 53.9 Å². The molecule has 3 rings (SSSR count). The smallest absolute Gasteiger partial charge is 0.387 e. The first-order chi connectivity index (χ1) is 13.0. The minimum Gasteiger partial charge on any atom is -0.435 e. The quantitative estimate of drug-likeness (QED) is 0.778. The minimum atomic E-state index is -2.88. The van der Waals surface area contributed by atoms with E-state index >= 15 is 0 Å². The molecular weight excluding hydrogens is 358 g/mol. The fourth-order valence-electron chi connectivity index (χ4n) is 2.66. The van der Waals surface area contributed by atoms with Crippen molar-refractivity contribution < 1.29 is 23.1 Å². The molecule has 2 amide bonds. The molecule has 2 aromatic rings. The Morgan fingerprint density at radius 1 is 1.22 bits per heavy atom. The third-order valence-electron chi connectivity index (χ3n) is 4.04. The van der Waals surface area contributed by atoms with Gasteiger partial charge in [-0.2, -0.15) is 13.9 Å². The molecule has 9 heteroatoms. The fraction of sp³-hybridized carbons (Fsp3) is 0.278. The first-order valence-electron chi connectivity index (χ1n) is 8.30. The molecule has 1 N–H and O–H groups in total. The molecule has 7 nitrogen and oxygen atoms in total. The second-order valence-corrected chi connectivity index (χ2v) is 5.86. The van der Waals surface area contributed by atoms with Crippen molar-refractivity contribution in [2.75, 3.05) is 13.1 Å². The maximum Gasteiger partial charge on any atom is 0.387 e. The standard InChI is InChI=1S/C18H18F2N4O3/c19-18(20)27-15-4-1-13(2-5-15)3-6-16(25)21-11-17(26)23-9-10-24-14(12-23)7-8-22-24/h1-8,18H,9-12H2,(H,21,25)/b6-3+. The second kappa shape index (κ2) is 8.43. The molecule has 1 aromatic carbocycles. The molecule has 0 saturated heterocycles. The van der Waals surface area contributed by atoms with Crippen molar-refractivity contribution in [1.29, 1.82) is 0 Å². The van der Waals surface area contributed by atoms with Gasteiger partial charge in [-0.15, -0.1) is 0 Å². The van der Waals surface area contributed by atoms with E-state index in [2.05, 4.69) is 15.2 Å². The number of ether oxygens (including phenoxy) is 1. The number of benzene rings is 1. The third-order valence-corrected chi connectivity index (χ3v) is 4.04. The lowest BCUT2D eigenvalue weighted by Crippen LogP contribution is -2.43. The lowest BCUT2D eigenvalue weighted by atomic mass is 10.2. The highest BCUT2D eigenvalue weighted by Gasteiger charge is 2.20. The summed E-state index contributed by atoms with van der Waals surface area (Å²) in [5, 5.41) is 6.69. The van der Waals surface area contributed by atoms with E-state index in [1.54, 1.807) is 23.2 Å². The molecule has 0 radical (unpaired) electrons. The summed E-state index contributed by atoms with van der Waals surface area (Å²) in [6, 6.07) is 7.72. The third kappa shape index (κ3) is 5.13. The Labute approximate surface area is 154 Å². The molecule has 0 fully saturated rings. The number of hydrogen-bond acceptors (Lipinski definition) is 4. The summed E-state index contributed by atoms with van der Waals surface area (Å²) >= 11 is 0. The lowest BCUT2D eigenvalue weighted by molar-refractivity contribution is -0.133. The minimum absolute atomic E-state index is 0.0417. The van der Waals surface area contributed by atoms with Crippen molar-refractivity contribution in [3.63, 3.8) is 0 Å². The topological polar surface area (TPSA) is 76.5 Å². The maximum atomic E-state index is 12.2. The average Bonchev–Trinajstić information content (AvgIpc) is 3.13. The van der Waals surface area contributed by atoms with Crippen LogP contribution in [0, 0.1) is 0 Å². The number of halogens is 2. The van der Waals surface area contributed by atoms with E-state index < -0.39 is 12.5 Å². The molecule has 1 aromatic heterocycles. The van der Waals surface area contributed by atoms with Gasteiger partial charge in [0.1, 0.15) is 5.75 Å². The van der Waals surface area contributed by atoms with Crippen LogP contribution in [0.5, 0.6) is 5.75 Å². The number of carbonyl (C=O) groups is 2. The van der Waals surface area contributed by atoms with Crippen molar-refractivity contribution in [2.45, 2.75) is 19.7 Å². The van der Waals surface area contributed by atoms with E-state index in [1.165, 1.54) is 24.3 Å². The Bertz CT molecular complexity index is 833. The van der Waals surface area contributed by atoms with E-state index in [0.717, 1.165) is 5.69 Å². The number of carbonyl (C=O) groups excluding carboxylic acids is 2. The summed E-state index contributed by atoms with van der Waals surface area (Å²) in [6.07, 6.45) is 4.50. The van der Waals surface area contributed by atoms with Crippen molar-refractivity contribution >= 4 is 17.9 Å². The first kappa shape index (κ1) is 18.6. The number of amides is 2. The maximum absolute atomic E-state index is 12.2. The van der Waals surface area contributed by atoms with Gasteiger partial charge in [0.25, 0.3) is 0 Å². The van der Waals surface area contributed by atoms with Gasteiger partial charge in [0, 0.05) is 18.8 Å². The normalized spacial score (nSPS) is 13.7. The number of nitrogens with zero attached hydrogens (tertiary/aromatic N) is 3. The Hall–Kier alpha value is -3.23. The number of nitrogens with one attached hydrogen (secondary N) is 1. The van der Waals surface area contributed by atoms with Gasteiger partial charge in [0.2, 0.25) is 11.8 Å². The van der Waals surface area contributed by atoms with Gasteiger partial charge in [-0.3, -0.25) is 14.3 Å². The van der Waals surface area contributed by atoms with E-state index in [0.29, 0.717) is 25.2 Å². The largest absolute Gasteiger partial charge is 0.435 e. The molecule has 0 bridgehead atoms. The van der Waals surface area contributed by atoms with Crippen LogP contribution in [0.3, 0.4) is 0 Å². The summed E-state index contributed by atoms with van der Waals surface area (Å²) in [6.45, 7) is -1.33. The summed E-state index contributed by atoms with van der Waals surface area (Å²) in [7, 11) is 0. The van der Waals surface area contributed by atoms with Crippen molar-refractivity contribution in [1.82, 2.24) is 20.0 Å². The molecule has 1 aliphatic heterocycles. The molecular formula is C18H18F2N4O3. The Balaban J connectivity index is 1.45. The van der Waals surface area contributed by atoms with Crippen LogP contribution in [0.15, 0.2) is 42.6 Å². The Morgan fingerprint density at radius 3 is 2.74 bits per heavy atom. The molecule has 0 aliphatic carbocycles. The van der Waals surface area contributed by atoms with Gasteiger partial charge in [-0.1, -0.05) is 12.1 Å². The van der Waals surface area contributed by atoms with E-state index in [9.17, 15) is 18.4 Å². The number of fused-ring (bicyclic) bond motifs is 1. The van der Waals surface area contributed by atoms with Crippen LogP contribution in [-0.4, -0.2) is 46.2 Å². The van der Waals surface area contributed by atoms with Crippen molar-refractivity contribution in [3.8, 4) is 5.75 Å². The summed E-state index contributed by atoms with van der Waals surface area (Å²) in [4.78, 5) is 25.8. The number of aromatic nitrogens is 2. The van der Waals surface area contributed by atoms with Crippen LogP contribution in [0.4, 0.5) is 8.78 Å². The fourth-order valence-corrected chi connectivity index (χ4v) is 2.66. The van der Waals surface area contributed by atoms with Crippen LogP contribution in [0.25, 0.3) is 6.08 Å². The van der Waals surface area contributed by atoms with Gasteiger partial charge in [0.15, 0.2) is 0 Å². The van der Waals surface area contributed by atoms with Gasteiger partial charge in [-0.25, -0.2) is 0 Å². The molecule has 2 heterocycles. The monoisotopic (exact) mass is 376 g/mol. The predicted octanol–water partition coefficient (Wildman–Crippen LogP) is 1.66. The Kier molecular flexibility index (Phi) is 5.80. The zero-order valence-corrected chi connectivity index (χ0v) is 14.3. The summed E-state index contributed by atoms with van der Waals surface area (Å²) < 4.78 is 30.3. The van der Waals surface area contributed by atoms with Gasteiger partial charge in [-0.05, 0) is 29.8 Å².